The van der Waals surface area contributed by atoms with E-state index < -0.39 is 0 Å². The van der Waals surface area contributed by atoms with Crippen LogP contribution in [0.15, 0.2) is 0 Å². The fourth-order valence-electron chi connectivity index (χ4n) is 2.29. The molecular formula is C12H26N2O. The number of aliphatic hydroxyl groups is 1. The van der Waals surface area contributed by atoms with Gasteiger partial charge in [0.25, 0.3) is 0 Å². The zero-order valence-electron chi connectivity index (χ0n) is 10.2. The molecule has 0 radical (unpaired) electrons. The molecule has 0 bridgehead atoms. The summed E-state index contributed by atoms with van der Waals surface area (Å²) in [6, 6.07) is 1.23. The first-order valence-electron chi connectivity index (χ1n) is 6.28. The van der Waals surface area contributed by atoms with Gasteiger partial charge in [0.2, 0.25) is 0 Å². The van der Waals surface area contributed by atoms with Crippen LogP contribution in [0.1, 0.15) is 39.0 Å². The molecule has 1 aliphatic heterocycles. The highest BCUT2D eigenvalue weighted by molar-refractivity contribution is 4.76. The van der Waals surface area contributed by atoms with Gasteiger partial charge in [0.05, 0.1) is 0 Å². The molecule has 1 heterocycles. The van der Waals surface area contributed by atoms with E-state index >= 15 is 0 Å². The van der Waals surface area contributed by atoms with E-state index in [1.807, 2.05) is 0 Å². The van der Waals surface area contributed by atoms with Crippen LogP contribution in [0.4, 0.5) is 0 Å². The summed E-state index contributed by atoms with van der Waals surface area (Å²) in [5.41, 5.74) is 0. The van der Waals surface area contributed by atoms with Crippen molar-refractivity contribution in [3.63, 3.8) is 0 Å². The van der Waals surface area contributed by atoms with Gasteiger partial charge in [-0.3, -0.25) is 0 Å². The quantitative estimate of drug-likeness (QED) is 0.722. The number of nitrogens with zero attached hydrogens (tertiary/aromatic N) is 1. The Morgan fingerprint density at radius 2 is 2.20 bits per heavy atom. The second kappa shape index (κ2) is 7.20. The van der Waals surface area contributed by atoms with E-state index in [4.69, 9.17) is 5.11 Å². The molecule has 0 aromatic rings. The van der Waals surface area contributed by atoms with Crippen molar-refractivity contribution in [1.29, 1.82) is 0 Å². The van der Waals surface area contributed by atoms with E-state index in [-0.39, 0.29) is 0 Å². The second-order valence-corrected chi connectivity index (χ2v) is 4.86. The summed E-state index contributed by atoms with van der Waals surface area (Å²) in [5.74, 6) is 0. The fourth-order valence-corrected chi connectivity index (χ4v) is 2.29. The van der Waals surface area contributed by atoms with Crippen molar-refractivity contribution in [1.82, 2.24) is 10.2 Å². The van der Waals surface area contributed by atoms with Crippen LogP contribution in [0.25, 0.3) is 0 Å². The average Bonchev–Trinajstić information content (AvgIpc) is 2.41. The topological polar surface area (TPSA) is 35.5 Å². The van der Waals surface area contributed by atoms with E-state index in [0.717, 1.165) is 12.8 Å². The predicted molar refractivity (Wildman–Crippen MR) is 64.1 cm³/mol. The van der Waals surface area contributed by atoms with Crippen molar-refractivity contribution in [2.45, 2.75) is 51.1 Å². The molecule has 1 saturated heterocycles. The maximum absolute atomic E-state index is 8.77. The molecule has 0 aliphatic carbocycles. The number of hydrogen-bond donors (Lipinski definition) is 2. The first-order chi connectivity index (χ1) is 7.22. The number of likely N-dealkylation sites (tertiary alicyclic amines) is 1. The van der Waals surface area contributed by atoms with Crippen molar-refractivity contribution in [2.24, 2.45) is 0 Å². The molecule has 0 amide bonds. The number of aliphatic hydroxyl groups excluding tert-OH is 1. The first-order valence-corrected chi connectivity index (χ1v) is 6.28. The van der Waals surface area contributed by atoms with E-state index in [2.05, 4.69) is 24.2 Å². The molecule has 15 heavy (non-hydrogen) atoms. The molecule has 2 unspecified atom stereocenters. The summed E-state index contributed by atoms with van der Waals surface area (Å²) in [7, 11) is 2.21. The highest BCUT2D eigenvalue weighted by Crippen LogP contribution is 2.11. The van der Waals surface area contributed by atoms with Crippen LogP contribution in [-0.4, -0.2) is 48.8 Å². The minimum absolute atomic E-state index is 0.319. The van der Waals surface area contributed by atoms with Gasteiger partial charge in [-0.1, -0.05) is 0 Å². The van der Waals surface area contributed by atoms with E-state index in [0.29, 0.717) is 18.7 Å². The third-order valence-electron chi connectivity index (χ3n) is 3.27. The molecule has 0 aromatic heterocycles. The van der Waals surface area contributed by atoms with Crippen molar-refractivity contribution < 1.29 is 5.11 Å². The molecule has 3 heteroatoms. The summed E-state index contributed by atoms with van der Waals surface area (Å²) < 4.78 is 0. The van der Waals surface area contributed by atoms with Crippen LogP contribution in [0.2, 0.25) is 0 Å². The minimum Gasteiger partial charge on any atom is -0.396 e. The van der Waals surface area contributed by atoms with Gasteiger partial charge >= 0.3 is 0 Å². The smallest absolute Gasteiger partial charge is 0.0431 e. The van der Waals surface area contributed by atoms with Crippen LogP contribution in [0, 0.1) is 0 Å². The van der Waals surface area contributed by atoms with Crippen molar-refractivity contribution in [2.75, 3.05) is 26.7 Å². The predicted octanol–water partition coefficient (Wildman–Crippen LogP) is 1.22. The van der Waals surface area contributed by atoms with E-state index in [1.54, 1.807) is 0 Å². The Balaban J connectivity index is 2.18. The van der Waals surface area contributed by atoms with Gasteiger partial charge in [-0.25, -0.2) is 0 Å². The van der Waals surface area contributed by atoms with Crippen LogP contribution in [-0.2, 0) is 0 Å². The molecule has 1 fully saturated rings. The maximum Gasteiger partial charge on any atom is 0.0431 e. The number of hydrogen-bond acceptors (Lipinski definition) is 3. The molecule has 3 nitrogen and oxygen atoms in total. The molecule has 2 N–H and O–H groups in total. The van der Waals surface area contributed by atoms with Crippen LogP contribution in [0.5, 0.6) is 0 Å². The lowest BCUT2D eigenvalue weighted by Gasteiger charge is -2.21. The molecule has 0 spiro atoms. The number of nitrogens with one attached hydrogen (secondary N) is 1. The van der Waals surface area contributed by atoms with Gasteiger partial charge in [0.1, 0.15) is 0 Å². The van der Waals surface area contributed by atoms with E-state index in [9.17, 15) is 0 Å². The van der Waals surface area contributed by atoms with Gasteiger partial charge in [-0.2, -0.15) is 0 Å². The third-order valence-corrected chi connectivity index (χ3v) is 3.27. The largest absolute Gasteiger partial charge is 0.396 e. The summed E-state index contributed by atoms with van der Waals surface area (Å²) in [6.07, 6.45) is 5.87. The summed E-state index contributed by atoms with van der Waals surface area (Å²) in [4.78, 5) is 2.42. The standard InChI is InChI=1S/C12H26N2O/c1-11(5-4-10-15)13-12-6-3-8-14(2)9-7-12/h11-13,15H,3-10H2,1-2H3. The average molecular weight is 214 g/mol. The summed E-state index contributed by atoms with van der Waals surface area (Å²) in [6.45, 7) is 5.00. The molecule has 1 rings (SSSR count). The van der Waals surface area contributed by atoms with E-state index in [1.165, 1.54) is 32.4 Å². The minimum atomic E-state index is 0.319. The highest BCUT2D eigenvalue weighted by atomic mass is 16.2. The van der Waals surface area contributed by atoms with Crippen molar-refractivity contribution in [3.8, 4) is 0 Å². The Hall–Kier alpha value is -0.120. The molecule has 0 aromatic carbocycles. The Bertz CT molecular complexity index is 164. The molecule has 90 valence electrons. The highest BCUT2D eigenvalue weighted by Gasteiger charge is 2.15. The monoisotopic (exact) mass is 214 g/mol. The molecule has 2 atom stereocenters. The molecule has 1 aliphatic rings. The first kappa shape index (κ1) is 12.9. The SMILES string of the molecule is CC(CCCO)NC1CCCN(C)CC1. The summed E-state index contributed by atoms with van der Waals surface area (Å²) >= 11 is 0. The van der Waals surface area contributed by atoms with Gasteiger partial charge in [0, 0.05) is 18.7 Å². The van der Waals surface area contributed by atoms with Crippen LogP contribution >= 0.6 is 0 Å². The fraction of sp³-hybridized carbons (Fsp3) is 1.00. The summed E-state index contributed by atoms with van der Waals surface area (Å²) in [5, 5.41) is 12.4. The maximum atomic E-state index is 8.77. The van der Waals surface area contributed by atoms with Crippen molar-refractivity contribution >= 4 is 0 Å². The Kier molecular flexibility index (Phi) is 6.22. The van der Waals surface area contributed by atoms with Crippen molar-refractivity contribution in [3.05, 3.63) is 0 Å². The van der Waals surface area contributed by atoms with Gasteiger partial charge in [0.15, 0.2) is 0 Å². The van der Waals surface area contributed by atoms with Gasteiger partial charge < -0.3 is 15.3 Å². The van der Waals surface area contributed by atoms with Crippen LogP contribution < -0.4 is 5.32 Å². The van der Waals surface area contributed by atoms with Gasteiger partial charge in [-0.05, 0) is 59.2 Å². The Labute approximate surface area is 93.9 Å². The van der Waals surface area contributed by atoms with Crippen LogP contribution in [0.3, 0.4) is 0 Å². The lowest BCUT2D eigenvalue weighted by molar-refractivity contribution is 0.271. The number of rotatable bonds is 5. The zero-order valence-corrected chi connectivity index (χ0v) is 10.2. The Morgan fingerprint density at radius 1 is 1.40 bits per heavy atom. The lowest BCUT2D eigenvalue weighted by atomic mass is 10.1. The normalized spacial score (nSPS) is 26.2. The van der Waals surface area contributed by atoms with Gasteiger partial charge in [-0.15, -0.1) is 0 Å². The third kappa shape index (κ3) is 5.50. The zero-order chi connectivity index (χ0) is 11.1. The second-order valence-electron chi connectivity index (χ2n) is 4.86. The molecular weight excluding hydrogens is 188 g/mol. The molecule has 0 saturated carbocycles. The Morgan fingerprint density at radius 3 is 2.93 bits per heavy atom. The lowest BCUT2D eigenvalue weighted by Crippen LogP contribution is -2.37.